The molecule has 1 aromatic carbocycles. The van der Waals surface area contributed by atoms with E-state index in [4.69, 9.17) is 9.84 Å². The second-order valence-electron chi connectivity index (χ2n) is 6.33. The predicted octanol–water partition coefficient (Wildman–Crippen LogP) is 3.63. The summed E-state index contributed by atoms with van der Waals surface area (Å²) in [5.41, 5.74) is 2.37. The summed E-state index contributed by atoms with van der Waals surface area (Å²) in [5.74, 6) is 1.25. The molecule has 0 saturated heterocycles. The van der Waals surface area contributed by atoms with Gasteiger partial charge in [-0.3, -0.25) is 4.79 Å². The number of fused-ring (bicyclic) bond motifs is 1. The highest BCUT2D eigenvalue weighted by atomic mass is 16.5. The summed E-state index contributed by atoms with van der Waals surface area (Å²) >= 11 is 0. The van der Waals surface area contributed by atoms with E-state index in [1.807, 2.05) is 27.0 Å². The van der Waals surface area contributed by atoms with Crippen LogP contribution in [0, 0.1) is 5.92 Å². The van der Waals surface area contributed by atoms with Crippen molar-refractivity contribution in [2.45, 2.75) is 59.9 Å². The zero-order valence-corrected chi connectivity index (χ0v) is 17.6. The van der Waals surface area contributed by atoms with E-state index >= 15 is 0 Å². The Morgan fingerprint density at radius 1 is 1.31 bits per heavy atom. The maximum Gasteiger partial charge on any atom is 0.242 e. The number of likely N-dealkylation sites (N-methyl/N-ethyl adjacent to an activating group) is 1. The summed E-state index contributed by atoms with van der Waals surface area (Å²) in [5, 5.41) is 10.0. The van der Waals surface area contributed by atoms with Gasteiger partial charge in [0.2, 0.25) is 5.91 Å². The van der Waals surface area contributed by atoms with Gasteiger partial charge in [-0.25, -0.2) is 0 Å². The first-order valence-corrected chi connectivity index (χ1v) is 9.75. The number of carbonyl (C=O) groups excluding carboxylic acids is 1. The van der Waals surface area contributed by atoms with Gasteiger partial charge in [-0.15, -0.1) is 0 Å². The van der Waals surface area contributed by atoms with Crippen molar-refractivity contribution in [3.05, 3.63) is 23.8 Å². The lowest BCUT2D eigenvalue weighted by Crippen LogP contribution is -2.50. The van der Waals surface area contributed by atoms with Gasteiger partial charge >= 0.3 is 0 Å². The molecule has 2 rings (SSSR count). The number of nitrogens with zero attached hydrogens (tertiary/aromatic N) is 1. The molecule has 0 fully saturated rings. The van der Waals surface area contributed by atoms with Gasteiger partial charge in [0.15, 0.2) is 0 Å². The normalized spacial score (nSPS) is 16.1. The van der Waals surface area contributed by atoms with Gasteiger partial charge in [-0.2, -0.15) is 0 Å². The minimum atomic E-state index is -0.148. The molecule has 0 radical (unpaired) electrons. The highest BCUT2D eigenvalue weighted by molar-refractivity contribution is 5.86. The molecule has 5 heteroatoms. The first kappa shape index (κ1) is 24.2. The molecule has 0 aliphatic carbocycles. The number of hydrogen-bond donors (Lipinski definition) is 2. The molecule has 0 aromatic heterocycles. The second-order valence-corrected chi connectivity index (χ2v) is 6.33. The van der Waals surface area contributed by atoms with Gasteiger partial charge in [-0.1, -0.05) is 47.1 Å². The molecule has 1 aliphatic rings. The zero-order chi connectivity index (χ0) is 20.1. The molecule has 1 amide bonds. The van der Waals surface area contributed by atoms with Crippen molar-refractivity contribution in [1.82, 2.24) is 5.32 Å². The smallest absolute Gasteiger partial charge is 0.242 e. The molecule has 1 aliphatic heterocycles. The van der Waals surface area contributed by atoms with Gasteiger partial charge in [0, 0.05) is 32.5 Å². The van der Waals surface area contributed by atoms with Crippen molar-refractivity contribution in [1.29, 1.82) is 0 Å². The largest absolute Gasteiger partial charge is 0.494 e. The highest BCUT2D eigenvalue weighted by Gasteiger charge is 2.29. The fraction of sp³-hybridized carbons (Fsp3) is 0.667. The van der Waals surface area contributed by atoms with Crippen LogP contribution in [0.3, 0.4) is 0 Å². The average molecular weight is 367 g/mol. The molecule has 1 atom stereocenters. The summed E-state index contributed by atoms with van der Waals surface area (Å²) in [7, 11) is 3.00. The molecule has 26 heavy (non-hydrogen) atoms. The van der Waals surface area contributed by atoms with Crippen LogP contribution in [-0.4, -0.2) is 44.4 Å². The number of rotatable bonds is 5. The fourth-order valence-corrected chi connectivity index (χ4v) is 3.01. The van der Waals surface area contributed by atoms with E-state index in [9.17, 15) is 4.79 Å². The second kappa shape index (κ2) is 13.5. The topological polar surface area (TPSA) is 61.8 Å². The van der Waals surface area contributed by atoms with E-state index in [1.165, 1.54) is 5.56 Å². The molecule has 1 aromatic rings. The number of aliphatic hydroxyl groups is 1. The number of benzene rings is 1. The van der Waals surface area contributed by atoms with Crippen molar-refractivity contribution < 1.29 is 14.6 Å². The van der Waals surface area contributed by atoms with Gasteiger partial charge in [0.25, 0.3) is 0 Å². The lowest BCUT2D eigenvalue weighted by atomic mass is 9.97. The number of amides is 1. The van der Waals surface area contributed by atoms with E-state index in [0.717, 1.165) is 44.4 Å². The van der Waals surface area contributed by atoms with Crippen molar-refractivity contribution in [3.63, 3.8) is 0 Å². The number of unbranched alkanes of at least 4 members (excludes halogenated alkanes) is 1. The Bertz CT molecular complexity index is 518. The van der Waals surface area contributed by atoms with Crippen molar-refractivity contribution in [2.75, 3.05) is 32.2 Å². The number of anilines is 1. The maximum atomic E-state index is 12.3. The molecule has 0 saturated carbocycles. The van der Waals surface area contributed by atoms with Crippen LogP contribution in [0.25, 0.3) is 0 Å². The van der Waals surface area contributed by atoms with Crippen LogP contribution in [0.4, 0.5) is 5.69 Å². The Kier molecular flexibility index (Phi) is 12.5. The van der Waals surface area contributed by atoms with Crippen LogP contribution in [0.2, 0.25) is 0 Å². The Hall–Kier alpha value is -1.75. The van der Waals surface area contributed by atoms with E-state index in [2.05, 4.69) is 43.1 Å². The summed E-state index contributed by atoms with van der Waals surface area (Å²) in [6.45, 7) is 11.8. The molecule has 5 nitrogen and oxygen atoms in total. The number of carbonyl (C=O) groups is 1. The van der Waals surface area contributed by atoms with Crippen LogP contribution in [0.5, 0.6) is 5.75 Å². The average Bonchev–Trinajstić information content (AvgIpc) is 2.65. The number of aliphatic hydroxyl groups excluding tert-OH is 1. The van der Waals surface area contributed by atoms with Crippen LogP contribution in [-0.2, 0) is 11.2 Å². The van der Waals surface area contributed by atoms with Crippen molar-refractivity contribution in [2.24, 2.45) is 5.92 Å². The van der Waals surface area contributed by atoms with E-state index in [1.54, 1.807) is 0 Å². The molecular formula is C21H38N2O3. The molecule has 0 bridgehead atoms. The lowest BCUT2D eigenvalue weighted by molar-refractivity contribution is -0.123. The Labute approximate surface area is 159 Å². The van der Waals surface area contributed by atoms with E-state index in [0.29, 0.717) is 6.54 Å². The molecule has 2 N–H and O–H groups in total. The predicted molar refractivity (Wildman–Crippen MR) is 110 cm³/mol. The summed E-state index contributed by atoms with van der Waals surface area (Å²) < 4.78 is 5.83. The first-order chi connectivity index (χ1) is 12.5. The van der Waals surface area contributed by atoms with Gasteiger partial charge in [0.1, 0.15) is 11.8 Å². The third-order valence-corrected chi connectivity index (χ3v) is 4.21. The number of hydrogen-bond acceptors (Lipinski definition) is 4. The maximum absolute atomic E-state index is 12.3. The Morgan fingerprint density at radius 2 is 1.96 bits per heavy atom. The minimum Gasteiger partial charge on any atom is -0.494 e. The quantitative estimate of drug-likeness (QED) is 0.781. The summed E-state index contributed by atoms with van der Waals surface area (Å²) in [6.07, 6.45) is 3.04. The van der Waals surface area contributed by atoms with Crippen LogP contribution in [0.15, 0.2) is 18.2 Å². The molecule has 1 unspecified atom stereocenters. The third-order valence-electron chi connectivity index (χ3n) is 4.21. The molecular weight excluding hydrogens is 328 g/mol. The minimum absolute atomic E-state index is 0.112. The molecule has 150 valence electrons. The highest BCUT2D eigenvalue weighted by Crippen LogP contribution is 2.30. The Balaban J connectivity index is 0.00000146. The lowest BCUT2D eigenvalue weighted by Gasteiger charge is -2.35. The van der Waals surface area contributed by atoms with Crippen LogP contribution >= 0.6 is 0 Å². The van der Waals surface area contributed by atoms with Crippen molar-refractivity contribution in [3.8, 4) is 5.75 Å². The standard InChI is InChI=1S/C18H28N2O2.C2H6.CH4O/c1-5-6-11-22-15-8-7-14-9-10-19-18(21)17(13(2)3)20(4)16(14)12-15;2*1-2/h7-8,12-13,17H,5-6,9-11H2,1-4H3,(H,19,21);1-2H3;2H,1H3. The third kappa shape index (κ3) is 6.87. The van der Waals surface area contributed by atoms with E-state index < -0.39 is 0 Å². The Morgan fingerprint density at radius 3 is 2.54 bits per heavy atom. The van der Waals surface area contributed by atoms with Gasteiger partial charge in [0.05, 0.1) is 6.61 Å². The van der Waals surface area contributed by atoms with Crippen molar-refractivity contribution >= 4 is 11.6 Å². The number of ether oxygens (including phenoxy) is 1. The van der Waals surface area contributed by atoms with Crippen LogP contribution in [0.1, 0.15) is 53.0 Å². The first-order valence-electron chi connectivity index (χ1n) is 9.75. The SMILES string of the molecule is CC.CCCCOc1ccc2c(c1)N(C)C(C(C)C)C(=O)NCC2.CO. The number of nitrogens with one attached hydrogen (secondary N) is 1. The molecule has 0 spiro atoms. The molecule has 1 heterocycles. The fourth-order valence-electron chi connectivity index (χ4n) is 3.01. The zero-order valence-electron chi connectivity index (χ0n) is 17.6. The van der Waals surface area contributed by atoms with Crippen LogP contribution < -0.4 is 15.0 Å². The van der Waals surface area contributed by atoms with Gasteiger partial charge < -0.3 is 20.1 Å². The summed E-state index contributed by atoms with van der Waals surface area (Å²) in [6, 6.07) is 6.10. The van der Waals surface area contributed by atoms with Gasteiger partial charge in [-0.05, 0) is 30.4 Å². The monoisotopic (exact) mass is 366 g/mol. The summed E-state index contributed by atoms with van der Waals surface area (Å²) in [4.78, 5) is 14.4. The van der Waals surface area contributed by atoms with E-state index in [-0.39, 0.29) is 17.9 Å².